The molecular weight excluding hydrogens is 170 g/mol. The van der Waals surface area contributed by atoms with E-state index in [2.05, 4.69) is 4.98 Å². The first-order chi connectivity index (χ1) is 5.70. The van der Waals surface area contributed by atoms with Gasteiger partial charge in [-0.15, -0.1) is 11.3 Å². The number of rotatable bonds is 0. The molecule has 4 heteroatoms. The Kier molecular flexibility index (Phi) is 1.44. The second-order valence-corrected chi connectivity index (χ2v) is 3.79. The van der Waals surface area contributed by atoms with E-state index in [0.29, 0.717) is 0 Å². The summed E-state index contributed by atoms with van der Waals surface area (Å²) in [6.07, 6.45) is 3.55. The van der Waals surface area contributed by atoms with E-state index in [1.54, 1.807) is 12.4 Å². The van der Waals surface area contributed by atoms with Gasteiger partial charge in [0.15, 0.2) is 0 Å². The Morgan fingerprint density at radius 1 is 1.25 bits per heavy atom. The molecule has 0 amide bonds. The van der Waals surface area contributed by atoms with E-state index in [0.717, 1.165) is 26.3 Å². The molecule has 0 fully saturated rings. The predicted octanol–water partition coefficient (Wildman–Crippen LogP) is 1.77. The molecule has 0 atom stereocenters. The maximum atomic E-state index is 5.79. The molecule has 0 aliphatic carbocycles. The quantitative estimate of drug-likeness (QED) is 0.647. The molecule has 12 heavy (non-hydrogen) atoms. The monoisotopic (exact) mass is 179 g/mol. The van der Waals surface area contributed by atoms with Crippen molar-refractivity contribution in [3.05, 3.63) is 18.0 Å². The molecule has 0 aliphatic heterocycles. The largest absolute Gasteiger partial charge is 0.390 e. The van der Waals surface area contributed by atoms with E-state index in [1.165, 1.54) is 11.3 Å². The Bertz CT molecular complexity index is 433. The molecule has 0 radical (unpaired) electrons. The van der Waals surface area contributed by atoms with Crippen LogP contribution in [-0.2, 0) is 0 Å². The molecule has 0 saturated carbocycles. The van der Waals surface area contributed by atoms with Crippen LogP contribution in [0.3, 0.4) is 0 Å². The third-order valence-corrected chi connectivity index (χ3v) is 2.73. The SMILES string of the molecule is Cc1cncc2c(N)sc(N)c12. The summed E-state index contributed by atoms with van der Waals surface area (Å²) in [5, 5.41) is 3.55. The van der Waals surface area contributed by atoms with Gasteiger partial charge in [-0.1, -0.05) is 0 Å². The second kappa shape index (κ2) is 2.35. The number of fused-ring (bicyclic) bond motifs is 1. The summed E-state index contributed by atoms with van der Waals surface area (Å²) < 4.78 is 0. The number of nitrogens with two attached hydrogens (primary N) is 2. The lowest BCUT2D eigenvalue weighted by Crippen LogP contribution is -1.84. The van der Waals surface area contributed by atoms with E-state index >= 15 is 0 Å². The fourth-order valence-electron chi connectivity index (χ4n) is 1.30. The molecule has 4 N–H and O–H groups in total. The van der Waals surface area contributed by atoms with Crippen molar-refractivity contribution in [2.45, 2.75) is 6.92 Å². The number of aromatic nitrogens is 1. The molecule has 2 aromatic heterocycles. The third kappa shape index (κ3) is 0.848. The van der Waals surface area contributed by atoms with Crippen LogP contribution in [0, 0.1) is 6.92 Å². The summed E-state index contributed by atoms with van der Waals surface area (Å²) in [5.41, 5.74) is 12.6. The summed E-state index contributed by atoms with van der Waals surface area (Å²) in [6, 6.07) is 0. The van der Waals surface area contributed by atoms with Gasteiger partial charge < -0.3 is 11.5 Å². The molecule has 0 aromatic carbocycles. The molecule has 0 saturated heterocycles. The van der Waals surface area contributed by atoms with E-state index in [4.69, 9.17) is 11.5 Å². The lowest BCUT2D eigenvalue weighted by molar-refractivity contribution is 1.31. The lowest BCUT2D eigenvalue weighted by Gasteiger charge is -1.95. The molecule has 2 rings (SSSR count). The van der Waals surface area contributed by atoms with Crippen LogP contribution in [-0.4, -0.2) is 4.98 Å². The minimum atomic E-state index is 0.749. The number of nitrogens with zero attached hydrogens (tertiary/aromatic N) is 1. The molecule has 62 valence electrons. The zero-order chi connectivity index (χ0) is 8.72. The Hall–Kier alpha value is -1.29. The first-order valence-corrected chi connectivity index (χ1v) is 4.40. The van der Waals surface area contributed by atoms with Crippen molar-refractivity contribution < 1.29 is 0 Å². The number of pyridine rings is 1. The van der Waals surface area contributed by atoms with Crippen molar-refractivity contribution >= 4 is 32.1 Å². The number of hydrogen-bond acceptors (Lipinski definition) is 4. The zero-order valence-corrected chi connectivity index (χ0v) is 7.48. The Balaban J connectivity index is 2.99. The van der Waals surface area contributed by atoms with Gasteiger partial charge in [0.25, 0.3) is 0 Å². The maximum absolute atomic E-state index is 5.79. The van der Waals surface area contributed by atoms with Crippen LogP contribution >= 0.6 is 11.3 Å². The summed E-state index contributed by atoms with van der Waals surface area (Å²) in [5.74, 6) is 0. The highest BCUT2D eigenvalue weighted by atomic mass is 32.1. The first-order valence-electron chi connectivity index (χ1n) is 3.58. The number of aryl methyl sites for hydroxylation is 1. The van der Waals surface area contributed by atoms with Crippen molar-refractivity contribution in [3.63, 3.8) is 0 Å². The van der Waals surface area contributed by atoms with Gasteiger partial charge in [-0.2, -0.15) is 0 Å². The molecule has 0 bridgehead atoms. The number of nitrogen functional groups attached to an aromatic ring is 2. The van der Waals surface area contributed by atoms with Crippen molar-refractivity contribution in [2.75, 3.05) is 11.5 Å². The van der Waals surface area contributed by atoms with Gasteiger partial charge in [0, 0.05) is 23.2 Å². The summed E-state index contributed by atoms with van der Waals surface area (Å²) >= 11 is 1.41. The highest BCUT2D eigenvalue weighted by molar-refractivity contribution is 7.21. The average Bonchev–Trinajstić information content (AvgIpc) is 2.29. The Labute approximate surface area is 74.0 Å². The van der Waals surface area contributed by atoms with Crippen LogP contribution in [0.25, 0.3) is 10.8 Å². The number of anilines is 2. The van der Waals surface area contributed by atoms with E-state index in [1.807, 2.05) is 6.92 Å². The topological polar surface area (TPSA) is 64.9 Å². The molecule has 0 unspecified atom stereocenters. The van der Waals surface area contributed by atoms with Gasteiger partial charge in [0.05, 0.1) is 10.0 Å². The van der Waals surface area contributed by atoms with Gasteiger partial charge in [-0.3, -0.25) is 4.98 Å². The fourth-order valence-corrected chi connectivity index (χ4v) is 2.18. The van der Waals surface area contributed by atoms with Gasteiger partial charge in [-0.05, 0) is 12.5 Å². The van der Waals surface area contributed by atoms with E-state index < -0.39 is 0 Å². The lowest BCUT2D eigenvalue weighted by atomic mass is 10.2. The minimum Gasteiger partial charge on any atom is -0.390 e. The van der Waals surface area contributed by atoms with Crippen LogP contribution in [0.15, 0.2) is 12.4 Å². The van der Waals surface area contributed by atoms with Crippen LogP contribution in [0.5, 0.6) is 0 Å². The number of thiophene rings is 1. The minimum absolute atomic E-state index is 0.749. The van der Waals surface area contributed by atoms with Crippen molar-refractivity contribution in [1.82, 2.24) is 4.98 Å². The highest BCUT2D eigenvalue weighted by Gasteiger charge is 2.07. The van der Waals surface area contributed by atoms with E-state index in [9.17, 15) is 0 Å². The molecule has 2 heterocycles. The molecular formula is C8H9N3S. The van der Waals surface area contributed by atoms with Crippen LogP contribution in [0.4, 0.5) is 10.0 Å². The molecule has 0 aliphatic rings. The van der Waals surface area contributed by atoms with Crippen molar-refractivity contribution in [2.24, 2.45) is 0 Å². The van der Waals surface area contributed by atoms with Gasteiger partial charge in [-0.25, -0.2) is 0 Å². The third-order valence-electron chi connectivity index (χ3n) is 1.87. The summed E-state index contributed by atoms with van der Waals surface area (Å²) in [4.78, 5) is 4.06. The number of hydrogen-bond donors (Lipinski definition) is 2. The van der Waals surface area contributed by atoms with Crippen molar-refractivity contribution in [1.29, 1.82) is 0 Å². The van der Waals surface area contributed by atoms with Crippen LogP contribution < -0.4 is 11.5 Å². The highest BCUT2D eigenvalue weighted by Crippen LogP contribution is 2.36. The van der Waals surface area contributed by atoms with Crippen LogP contribution in [0.1, 0.15) is 5.56 Å². The molecule has 0 spiro atoms. The zero-order valence-electron chi connectivity index (χ0n) is 6.66. The van der Waals surface area contributed by atoms with Crippen molar-refractivity contribution in [3.8, 4) is 0 Å². The van der Waals surface area contributed by atoms with Gasteiger partial charge >= 0.3 is 0 Å². The van der Waals surface area contributed by atoms with Gasteiger partial charge in [0.2, 0.25) is 0 Å². The van der Waals surface area contributed by atoms with Gasteiger partial charge in [0.1, 0.15) is 0 Å². The average molecular weight is 179 g/mol. The first kappa shape index (κ1) is 7.36. The maximum Gasteiger partial charge on any atom is 0.0973 e. The predicted molar refractivity (Wildman–Crippen MR) is 53.2 cm³/mol. The molecule has 3 nitrogen and oxygen atoms in total. The Morgan fingerprint density at radius 3 is 2.67 bits per heavy atom. The Morgan fingerprint density at radius 2 is 2.00 bits per heavy atom. The smallest absolute Gasteiger partial charge is 0.0973 e. The summed E-state index contributed by atoms with van der Waals surface area (Å²) in [7, 11) is 0. The molecule has 2 aromatic rings. The fraction of sp³-hybridized carbons (Fsp3) is 0.125. The standard InChI is InChI=1S/C8H9N3S/c1-4-2-11-3-5-6(4)8(10)12-7(5)9/h2-3H,9-10H2,1H3. The second-order valence-electron chi connectivity index (χ2n) is 2.71. The summed E-state index contributed by atoms with van der Waals surface area (Å²) in [6.45, 7) is 1.98. The van der Waals surface area contributed by atoms with E-state index in [-0.39, 0.29) is 0 Å². The normalized spacial score (nSPS) is 10.8. The van der Waals surface area contributed by atoms with Crippen LogP contribution in [0.2, 0.25) is 0 Å².